The normalized spacial score (nSPS) is 11.1. The molecule has 0 atom stereocenters. The third-order valence-electron chi connectivity index (χ3n) is 8.20. The molecule has 3 aromatic heterocycles. The van der Waals surface area contributed by atoms with Gasteiger partial charge in [-0.3, -0.25) is 0 Å². The summed E-state index contributed by atoms with van der Waals surface area (Å²) in [6.45, 7) is 7.51. The van der Waals surface area contributed by atoms with Gasteiger partial charge in [0, 0.05) is 27.5 Å². The summed E-state index contributed by atoms with van der Waals surface area (Å²) in [6.07, 6.45) is 1.76. The second kappa shape index (κ2) is 9.71. The van der Waals surface area contributed by atoms with Gasteiger partial charge in [0.15, 0.2) is 5.69 Å². The number of pyridine rings is 1. The Morgan fingerprint density at radius 3 is 1.98 bits per heavy atom. The van der Waals surface area contributed by atoms with Crippen molar-refractivity contribution in [1.82, 2.24) is 14.1 Å². The lowest BCUT2D eigenvalue weighted by atomic mass is 10.0. The molecule has 0 fully saturated rings. The SMILES string of the molecule is [C-]#[N+]c1ccc2c(c1)c1ccccc1n2-c1cc(C#N)cc(-c2cccc(-n3c4ccccc4c4cc(C#N)ncc43)c2)c1. The maximum absolute atomic E-state index is 10.1. The van der Waals surface area contributed by atoms with Gasteiger partial charge in [0.25, 0.3) is 0 Å². The van der Waals surface area contributed by atoms with E-state index in [-0.39, 0.29) is 0 Å². The Labute approximate surface area is 252 Å². The van der Waals surface area contributed by atoms with Crippen molar-refractivity contribution in [3.8, 4) is 34.6 Å². The molecule has 0 aliphatic carbocycles. The van der Waals surface area contributed by atoms with Crippen molar-refractivity contribution in [2.75, 3.05) is 0 Å². The lowest BCUT2D eigenvalue weighted by Crippen LogP contribution is -1.97. The standard InChI is InChI=1S/C38H20N6/c1-41-27-13-14-37-33(19-27)31-9-2-5-12-36(31)44(37)30-16-24(21-39)15-26(18-30)25-7-6-8-29(17-25)43-35-11-4-3-10-32(35)34-20-28(22-40)42-23-38(34)43/h2-20,23H. The molecule has 0 radical (unpaired) electrons. The maximum atomic E-state index is 10.1. The average molecular weight is 561 g/mol. The van der Waals surface area contributed by atoms with Crippen molar-refractivity contribution in [2.24, 2.45) is 0 Å². The molecular formula is C38H20N6. The first-order chi connectivity index (χ1) is 21.7. The zero-order valence-electron chi connectivity index (χ0n) is 23.2. The number of fused-ring (bicyclic) bond motifs is 6. The molecule has 0 spiro atoms. The summed E-state index contributed by atoms with van der Waals surface area (Å²) >= 11 is 0. The summed E-state index contributed by atoms with van der Waals surface area (Å²) in [5.41, 5.74) is 9.14. The van der Waals surface area contributed by atoms with Gasteiger partial charge in [0.2, 0.25) is 0 Å². The van der Waals surface area contributed by atoms with E-state index in [0.717, 1.165) is 66.1 Å². The minimum atomic E-state index is 0.380. The zero-order valence-corrected chi connectivity index (χ0v) is 23.2. The average Bonchev–Trinajstić information content (AvgIpc) is 3.60. The van der Waals surface area contributed by atoms with E-state index in [1.807, 2.05) is 66.7 Å². The van der Waals surface area contributed by atoms with Gasteiger partial charge in [-0.2, -0.15) is 10.5 Å². The summed E-state index contributed by atoms with van der Waals surface area (Å²) in [5, 5.41) is 23.6. The fraction of sp³-hybridized carbons (Fsp3) is 0. The minimum Gasteiger partial charge on any atom is -0.309 e. The van der Waals surface area contributed by atoms with E-state index < -0.39 is 0 Å². The highest BCUT2D eigenvalue weighted by Crippen LogP contribution is 2.37. The number of para-hydroxylation sites is 2. The van der Waals surface area contributed by atoms with Crippen molar-refractivity contribution in [3.63, 3.8) is 0 Å². The Morgan fingerprint density at radius 1 is 0.568 bits per heavy atom. The van der Waals surface area contributed by atoms with Crippen molar-refractivity contribution in [3.05, 3.63) is 144 Å². The molecule has 0 amide bonds. The van der Waals surface area contributed by atoms with E-state index in [4.69, 9.17) is 6.57 Å². The van der Waals surface area contributed by atoms with Crippen molar-refractivity contribution in [2.45, 2.75) is 0 Å². The molecule has 0 saturated carbocycles. The van der Waals surface area contributed by atoms with E-state index in [9.17, 15) is 10.5 Å². The van der Waals surface area contributed by atoms with Gasteiger partial charge < -0.3 is 9.13 Å². The minimum absolute atomic E-state index is 0.380. The molecule has 5 aromatic carbocycles. The van der Waals surface area contributed by atoms with Crippen LogP contribution in [0.5, 0.6) is 0 Å². The van der Waals surface area contributed by atoms with E-state index >= 15 is 0 Å². The van der Waals surface area contributed by atoms with E-state index in [0.29, 0.717) is 16.9 Å². The molecule has 0 aliphatic heterocycles. The number of nitrogens with zero attached hydrogens (tertiary/aromatic N) is 6. The number of benzene rings is 5. The Morgan fingerprint density at radius 2 is 1.25 bits per heavy atom. The predicted octanol–water partition coefficient (Wildman–Crippen LogP) is 9.24. The third kappa shape index (κ3) is 3.75. The predicted molar refractivity (Wildman–Crippen MR) is 174 cm³/mol. The Kier molecular flexibility index (Phi) is 5.53. The van der Waals surface area contributed by atoms with Crippen LogP contribution >= 0.6 is 0 Å². The van der Waals surface area contributed by atoms with Crippen LogP contribution in [0, 0.1) is 29.2 Å². The summed E-state index contributed by atoms with van der Waals surface area (Å²) in [4.78, 5) is 8.02. The van der Waals surface area contributed by atoms with Crippen LogP contribution in [0.15, 0.2) is 121 Å². The van der Waals surface area contributed by atoms with Crippen LogP contribution in [0.1, 0.15) is 11.3 Å². The Balaban J connectivity index is 1.35. The van der Waals surface area contributed by atoms with Crippen molar-refractivity contribution < 1.29 is 0 Å². The van der Waals surface area contributed by atoms with Gasteiger partial charge in [-0.15, -0.1) is 0 Å². The van der Waals surface area contributed by atoms with Crippen LogP contribution in [0.4, 0.5) is 5.69 Å². The number of hydrogen-bond donors (Lipinski definition) is 0. The van der Waals surface area contributed by atoms with Gasteiger partial charge in [0.1, 0.15) is 11.8 Å². The maximum Gasteiger partial charge on any atom is 0.188 e. The molecule has 0 aliphatic rings. The number of aromatic nitrogens is 3. The summed E-state index contributed by atoms with van der Waals surface area (Å²) in [5.74, 6) is 0. The van der Waals surface area contributed by atoms with Crippen molar-refractivity contribution >= 4 is 49.3 Å². The first-order valence-corrected chi connectivity index (χ1v) is 14.0. The molecule has 3 heterocycles. The van der Waals surface area contributed by atoms with Crippen LogP contribution in [0.2, 0.25) is 0 Å². The van der Waals surface area contributed by atoms with Gasteiger partial charge >= 0.3 is 0 Å². The van der Waals surface area contributed by atoms with Gasteiger partial charge in [-0.25, -0.2) is 9.83 Å². The van der Waals surface area contributed by atoms with Crippen molar-refractivity contribution in [1.29, 1.82) is 10.5 Å². The van der Waals surface area contributed by atoms with Gasteiger partial charge in [-0.1, -0.05) is 54.6 Å². The topological polar surface area (TPSA) is 74.7 Å². The first kappa shape index (κ1) is 25.1. The quantitative estimate of drug-likeness (QED) is 0.202. The monoisotopic (exact) mass is 560 g/mol. The fourth-order valence-corrected chi connectivity index (χ4v) is 6.31. The van der Waals surface area contributed by atoms with Crippen LogP contribution < -0.4 is 0 Å². The Bertz CT molecular complexity index is 2600. The molecule has 0 unspecified atom stereocenters. The van der Waals surface area contributed by atoms with Gasteiger partial charge in [0.05, 0.1) is 46.5 Å². The summed E-state index contributed by atoms with van der Waals surface area (Å²) in [6, 6.07) is 42.6. The molecule has 202 valence electrons. The summed E-state index contributed by atoms with van der Waals surface area (Å²) in [7, 11) is 0. The largest absolute Gasteiger partial charge is 0.309 e. The molecule has 8 rings (SSSR count). The zero-order chi connectivity index (χ0) is 29.8. The highest BCUT2D eigenvalue weighted by atomic mass is 15.0. The van der Waals surface area contributed by atoms with E-state index in [1.54, 1.807) is 6.20 Å². The van der Waals surface area contributed by atoms with Crippen LogP contribution in [-0.2, 0) is 0 Å². The molecule has 0 saturated heterocycles. The summed E-state index contributed by atoms with van der Waals surface area (Å²) < 4.78 is 4.33. The highest BCUT2D eigenvalue weighted by Gasteiger charge is 2.16. The van der Waals surface area contributed by atoms with Crippen LogP contribution in [-0.4, -0.2) is 14.1 Å². The number of rotatable bonds is 3. The molecule has 44 heavy (non-hydrogen) atoms. The van der Waals surface area contributed by atoms with E-state index in [1.165, 1.54) is 0 Å². The molecule has 8 aromatic rings. The lowest BCUT2D eigenvalue weighted by molar-refractivity contribution is 1.16. The molecule has 0 N–H and O–H groups in total. The first-order valence-electron chi connectivity index (χ1n) is 14.0. The molecule has 6 heteroatoms. The molecular weight excluding hydrogens is 540 g/mol. The second-order valence-electron chi connectivity index (χ2n) is 10.6. The van der Waals surface area contributed by atoms with E-state index in [2.05, 4.69) is 79.6 Å². The van der Waals surface area contributed by atoms with Crippen LogP contribution in [0.25, 0.3) is 71.0 Å². The van der Waals surface area contributed by atoms with Crippen LogP contribution in [0.3, 0.4) is 0 Å². The smallest absolute Gasteiger partial charge is 0.188 e. The second-order valence-corrected chi connectivity index (χ2v) is 10.6. The fourth-order valence-electron chi connectivity index (χ4n) is 6.31. The number of hydrogen-bond acceptors (Lipinski definition) is 3. The van der Waals surface area contributed by atoms with Gasteiger partial charge in [-0.05, 0) is 77.2 Å². The molecule has 0 bridgehead atoms. The third-order valence-corrected chi connectivity index (χ3v) is 8.20. The number of nitriles is 2. The Hall–Kier alpha value is -6.68. The lowest BCUT2D eigenvalue weighted by Gasteiger charge is -2.13. The highest BCUT2D eigenvalue weighted by molar-refractivity contribution is 6.11. The molecule has 6 nitrogen and oxygen atoms in total.